The zero-order valence-corrected chi connectivity index (χ0v) is 9.98. The molecule has 0 aromatic carbocycles. The summed E-state index contributed by atoms with van der Waals surface area (Å²) < 4.78 is 22.7. The van der Waals surface area contributed by atoms with Crippen LogP contribution in [0.4, 0.5) is 4.79 Å². The Morgan fingerprint density at radius 1 is 1.56 bits per heavy atom. The normalized spacial score (nSPS) is 10.8. The topological polar surface area (TPSA) is 109 Å². The van der Waals surface area contributed by atoms with E-state index in [0.717, 1.165) is 6.26 Å². The van der Waals surface area contributed by atoms with Crippen molar-refractivity contribution in [2.75, 3.05) is 13.3 Å². The van der Waals surface area contributed by atoms with E-state index in [1.807, 2.05) is 0 Å². The van der Waals surface area contributed by atoms with E-state index in [9.17, 15) is 18.0 Å². The first-order chi connectivity index (χ1) is 7.32. The molecule has 0 spiro atoms. The Labute approximate surface area is 95.0 Å². The van der Waals surface area contributed by atoms with E-state index < -0.39 is 31.2 Å². The van der Waals surface area contributed by atoms with Gasteiger partial charge in [-0.15, -0.1) is 0 Å². The van der Waals surface area contributed by atoms with E-state index in [4.69, 9.17) is 5.26 Å². The summed E-state index contributed by atoms with van der Waals surface area (Å²) in [5, 5.41) is 10.8. The van der Waals surface area contributed by atoms with E-state index in [-0.39, 0.29) is 0 Å². The summed E-state index contributed by atoms with van der Waals surface area (Å²) in [6, 6.07) is 0.711. The summed E-state index contributed by atoms with van der Waals surface area (Å²) >= 11 is 0.432. The van der Waals surface area contributed by atoms with Crippen molar-refractivity contribution in [3.8, 4) is 6.07 Å². The van der Waals surface area contributed by atoms with Crippen LogP contribution in [-0.4, -0.2) is 31.7 Å². The van der Waals surface area contributed by atoms with E-state index >= 15 is 0 Å². The molecule has 1 amide bonds. The smallest absolute Gasteiger partial charge is 0.337 e. The van der Waals surface area contributed by atoms with Crippen molar-refractivity contribution in [3.63, 3.8) is 0 Å². The van der Waals surface area contributed by atoms with Crippen LogP contribution in [0.3, 0.4) is 0 Å². The minimum absolute atomic E-state index is 0.399. The molecule has 9 heteroatoms. The van der Waals surface area contributed by atoms with Crippen LogP contribution in [0.2, 0.25) is 0 Å². The predicted octanol–water partition coefficient (Wildman–Crippen LogP) is -0.628. The Bertz CT molecular complexity index is 632. The van der Waals surface area contributed by atoms with Crippen molar-refractivity contribution < 1.29 is 13.2 Å². The Hall–Kier alpha value is -1.66. The summed E-state index contributed by atoms with van der Waals surface area (Å²) in [7, 11) is -2.40. The molecule has 0 saturated carbocycles. The Kier molecular flexibility index (Phi) is 3.16. The molecule has 0 aliphatic carbocycles. The van der Waals surface area contributed by atoms with Crippen LogP contribution in [0.15, 0.2) is 9.00 Å². The van der Waals surface area contributed by atoms with Crippen molar-refractivity contribution in [2.45, 2.75) is 4.21 Å². The number of amides is 1. The SMILES string of the molecule is CNC(=O)n1sc(S(C)(=O)=O)c(C#N)c1=O. The Morgan fingerprint density at radius 2 is 2.12 bits per heavy atom. The van der Waals surface area contributed by atoms with Gasteiger partial charge in [-0.05, 0) is 11.5 Å². The summed E-state index contributed by atoms with van der Waals surface area (Å²) in [6.07, 6.45) is 0.868. The molecule has 0 radical (unpaired) electrons. The maximum atomic E-state index is 11.5. The van der Waals surface area contributed by atoms with Crippen LogP contribution >= 0.6 is 11.5 Å². The average molecular weight is 261 g/mol. The maximum Gasteiger partial charge on any atom is 0.337 e. The van der Waals surface area contributed by atoms with Crippen molar-refractivity contribution >= 4 is 27.4 Å². The average Bonchev–Trinajstić information content (AvgIpc) is 2.53. The fourth-order valence-electron chi connectivity index (χ4n) is 0.941. The molecular weight excluding hydrogens is 254 g/mol. The molecule has 0 atom stereocenters. The number of aromatic nitrogens is 1. The Balaban J connectivity index is 3.65. The number of nitriles is 1. The number of carbonyl (C=O) groups is 1. The fraction of sp³-hybridized carbons (Fsp3) is 0.286. The molecule has 0 bridgehead atoms. The first kappa shape index (κ1) is 12.4. The Morgan fingerprint density at radius 3 is 2.44 bits per heavy atom. The third-order valence-corrected chi connectivity index (χ3v) is 4.52. The van der Waals surface area contributed by atoms with Crippen LogP contribution in [0.1, 0.15) is 5.56 Å². The van der Waals surface area contributed by atoms with Crippen molar-refractivity contribution in [3.05, 3.63) is 15.9 Å². The van der Waals surface area contributed by atoms with Gasteiger partial charge in [0.25, 0.3) is 5.56 Å². The number of sulfone groups is 1. The van der Waals surface area contributed by atoms with Gasteiger partial charge >= 0.3 is 6.03 Å². The highest BCUT2D eigenvalue weighted by atomic mass is 32.2. The van der Waals surface area contributed by atoms with Crippen molar-refractivity contribution in [1.82, 2.24) is 9.27 Å². The molecule has 1 aromatic heterocycles. The first-order valence-corrected chi connectivity index (χ1v) is 6.58. The largest absolute Gasteiger partial charge is 0.340 e. The number of nitrogens with one attached hydrogen (secondary N) is 1. The summed E-state index contributed by atoms with van der Waals surface area (Å²) in [5.74, 6) is 0. The van der Waals surface area contributed by atoms with Gasteiger partial charge in [0.05, 0.1) is 0 Å². The van der Waals surface area contributed by atoms with Crippen molar-refractivity contribution in [1.29, 1.82) is 5.26 Å². The van der Waals surface area contributed by atoms with Gasteiger partial charge in [-0.2, -0.15) is 9.22 Å². The van der Waals surface area contributed by atoms with Gasteiger partial charge in [-0.1, -0.05) is 0 Å². The summed E-state index contributed by atoms with van der Waals surface area (Å²) in [6.45, 7) is 0. The van der Waals surface area contributed by atoms with Crippen LogP contribution in [-0.2, 0) is 9.84 Å². The molecule has 7 nitrogen and oxygen atoms in total. The molecule has 0 unspecified atom stereocenters. The lowest BCUT2D eigenvalue weighted by Gasteiger charge is -1.95. The first-order valence-electron chi connectivity index (χ1n) is 3.91. The second kappa shape index (κ2) is 4.07. The van der Waals surface area contributed by atoms with Crippen molar-refractivity contribution in [2.24, 2.45) is 0 Å². The third-order valence-electron chi connectivity index (χ3n) is 1.62. The molecular formula is C7H7N3O4S2. The quantitative estimate of drug-likeness (QED) is 0.724. The van der Waals surface area contributed by atoms with Crippen LogP contribution in [0.5, 0.6) is 0 Å². The van der Waals surface area contributed by atoms with E-state index in [0.29, 0.717) is 15.5 Å². The molecule has 86 valence electrons. The summed E-state index contributed by atoms with van der Waals surface area (Å²) in [5.41, 5.74) is -1.46. The summed E-state index contributed by atoms with van der Waals surface area (Å²) in [4.78, 5) is 22.7. The van der Waals surface area contributed by atoms with E-state index in [1.54, 1.807) is 0 Å². The molecule has 0 fully saturated rings. The number of carbonyl (C=O) groups excluding carboxylic acids is 1. The van der Waals surface area contributed by atoms with Crippen LogP contribution < -0.4 is 10.9 Å². The lowest BCUT2D eigenvalue weighted by Crippen LogP contribution is -2.30. The molecule has 1 rings (SSSR count). The molecule has 16 heavy (non-hydrogen) atoms. The van der Waals surface area contributed by atoms with Gasteiger partial charge in [0.15, 0.2) is 14.0 Å². The molecule has 0 aliphatic heterocycles. The van der Waals surface area contributed by atoms with Gasteiger partial charge in [-0.25, -0.2) is 13.2 Å². The van der Waals surface area contributed by atoms with Gasteiger partial charge in [0.1, 0.15) is 11.6 Å². The molecule has 1 N–H and O–H groups in total. The highest BCUT2D eigenvalue weighted by Crippen LogP contribution is 2.17. The second-order valence-corrected chi connectivity index (χ2v) is 5.96. The molecule has 1 aromatic rings. The minimum Gasteiger partial charge on any atom is -0.340 e. The number of hydrogen-bond acceptors (Lipinski definition) is 6. The zero-order valence-electron chi connectivity index (χ0n) is 8.34. The number of nitrogens with zero attached hydrogens (tertiary/aromatic N) is 2. The number of rotatable bonds is 1. The third kappa shape index (κ3) is 1.98. The fourth-order valence-corrected chi connectivity index (χ4v) is 2.95. The number of hydrogen-bond donors (Lipinski definition) is 1. The van der Waals surface area contributed by atoms with Gasteiger partial charge in [0.2, 0.25) is 0 Å². The maximum absolute atomic E-state index is 11.5. The molecule has 0 aliphatic rings. The molecule has 0 saturated heterocycles. The lowest BCUT2D eigenvalue weighted by atomic mass is 10.4. The highest BCUT2D eigenvalue weighted by molar-refractivity contribution is 7.92. The van der Waals surface area contributed by atoms with E-state index in [2.05, 4.69) is 5.32 Å². The van der Waals surface area contributed by atoms with Gasteiger partial charge < -0.3 is 5.32 Å². The lowest BCUT2D eigenvalue weighted by molar-refractivity contribution is 0.246. The monoisotopic (exact) mass is 261 g/mol. The standard InChI is InChI=1S/C7H7N3O4S2/c1-9-7(12)10-5(11)4(3-8)6(15-10)16(2,13)14/h1-2H3,(H,9,12). The highest BCUT2D eigenvalue weighted by Gasteiger charge is 2.24. The van der Waals surface area contributed by atoms with Gasteiger partial charge in [0, 0.05) is 13.3 Å². The van der Waals surface area contributed by atoms with E-state index in [1.165, 1.54) is 13.1 Å². The minimum atomic E-state index is -3.69. The zero-order chi connectivity index (χ0) is 12.5. The second-order valence-electron chi connectivity index (χ2n) is 2.79. The predicted molar refractivity (Wildman–Crippen MR) is 56.3 cm³/mol. The van der Waals surface area contributed by atoms with Crippen LogP contribution in [0, 0.1) is 11.3 Å². The van der Waals surface area contributed by atoms with Crippen LogP contribution in [0.25, 0.3) is 0 Å². The van der Waals surface area contributed by atoms with Gasteiger partial charge in [-0.3, -0.25) is 4.79 Å². The molecule has 1 heterocycles.